The number of halogens is 1. The molecule has 3 rings (SSSR count). The standard InChI is InChI=1S/C28H31ClN2O2S/c1-20-13-21(2)15-23(14-20)18-34-19-27(32)31(17-24-11-7-8-12-25(24)29)26(28(33)30-3)16-22-9-5-4-6-10-22/h4-15,26H,16-19H2,1-3H3,(H,30,33)/t26-/m0/s1. The quantitative estimate of drug-likeness (QED) is 0.400. The smallest absolute Gasteiger partial charge is 0.242 e. The largest absolute Gasteiger partial charge is 0.357 e. The molecule has 0 radical (unpaired) electrons. The molecule has 2 amide bonds. The van der Waals surface area contributed by atoms with Gasteiger partial charge in [0, 0.05) is 30.8 Å². The zero-order valence-electron chi connectivity index (χ0n) is 19.9. The number of hydrogen-bond acceptors (Lipinski definition) is 3. The third-order valence-electron chi connectivity index (χ3n) is 5.59. The van der Waals surface area contributed by atoms with Gasteiger partial charge in [0.25, 0.3) is 0 Å². The first kappa shape index (κ1) is 25.9. The second kappa shape index (κ2) is 12.6. The highest BCUT2D eigenvalue weighted by Gasteiger charge is 2.30. The van der Waals surface area contributed by atoms with E-state index in [4.69, 9.17) is 11.6 Å². The molecule has 6 heteroatoms. The zero-order valence-corrected chi connectivity index (χ0v) is 21.5. The van der Waals surface area contributed by atoms with E-state index in [1.165, 1.54) is 16.7 Å². The lowest BCUT2D eigenvalue weighted by Gasteiger charge is -2.31. The summed E-state index contributed by atoms with van der Waals surface area (Å²) < 4.78 is 0. The van der Waals surface area contributed by atoms with Crippen LogP contribution in [0.15, 0.2) is 72.8 Å². The molecule has 3 aromatic rings. The van der Waals surface area contributed by atoms with Gasteiger partial charge in [-0.15, -0.1) is 11.8 Å². The fourth-order valence-electron chi connectivity index (χ4n) is 4.02. The van der Waals surface area contributed by atoms with Crippen molar-refractivity contribution in [1.29, 1.82) is 0 Å². The van der Waals surface area contributed by atoms with Crippen LogP contribution in [0.2, 0.25) is 5.02 Å². The third-order valence-corrected chi connectivity index (χ3v) is 6.95. The van der Waals surface area contributed by atoms with E-state index in [0.29, 0.717) is 11.4 Å². The van der Waals surface area contributed by atoms with Crippen LogP contribution in [0.1, 0.15) is 27.8 Å². The minimum atomic E-state index is -0.641. The van der Waals surface area contributed by atoms with Crippen LogP contribution in [0.5, 0.6) is 0 Å². The molecule has 0 aliphatic rings. The van der Waals surface area contributed by atoms with Crippen molar-refractivity contribution >= 4 is 35.2 Å². The molecule has 1 atom stereocenters. The summed E-state index contributed by atoms with van der Waals surface area (Å²) in [7, 11) is 1.60. The van der Waals surface area contributed by atoms with Gasteiger partial charge in [-0.05, 0) is 36.6 Å². The van der Waals surface area contributed by atoms with Gasteiger partial charge in [-0.1, -0.05) is 89.5 Å². The van der Waals surface area contributed by atoms with Crippen LogP contribution in [0.4, 0.5) is 0 Å². The Morgan fingerprint density at radius 3 is 2.24 bits per heavy atom. The molecule has 0 saturated heterocycles. The number of benzene rings is 3. The molecule has 0 spiro atoms. The molecule has 0 fully saturated rings. The predicted octanol–water partition coefficient (Wildman–Crippen LogP) is 5.58. The van der Waals surface area contributed by atoms with Gasteiger partial charge in [0.15, 0.2) is 0 Å². The van der Waals surface area contributed by atoms with Crippen molar-refractivity contribution in [3.8, 4) is 0 Å². The number of carbonyl (C=O) groups is 2. The number of nitrogens with one attached hydrogen (secondary N) is 1. The number of nitrogens with zero attached hydrogens (tertiary/aromatic N) is 1. The van der Waals surface area contributed by atoms with Gasteiger partial charge in [0.1, 0.15) is 6.04 Å². The maximum Gasteiger partial charge on any atom is 0.242 e. The first-order chi connectivity index (χ1) is 16.4. The van der Waals surface area contributed by atoms with Crippen LogP contribution in [0, 0.1) is 13.8 Å². The Bertz CT molecular complexity index is 1100. The molecular weight excluding hydrogens is 464 g/mol. The van der Waals surface area contributed by atoms with Gasteiger partial charge in [-0.2, -0.15) is 0 Å². The second-order valence-corrected chi connectivity index (χ2v) is 9.81. The fraction of sp³-hybridized carbons (Fsp3) is 0.286. The Labute approximate surface area is 211 Å². The van der Waals surface area contributed by atoms with Gasteiger partial charge in [0.05, 0.1) is 5.75 Å². The molecular formula is C28H31ClN2O2S. The Kier molecular flexibility index (Phi) is 9.61. The lowest BCUT2D eigenvalue weighted by Crippen LogP contribution is -2.50. The number of carbonyl (C=O) groups excluding carboxylic acids is 2. The van der Waals surface area contributed by atoms with Crippen LogP contribution >= 0.6 is 23.4 Å². The Hall–Kier alpha value is -2.76. The monoisotopic (exact) mass is 494 g/mol. The molecule has 0 aromatic heterocycles. The van der Waals surface area contributed by atoms with Crippen molar-refractivity contribution in [2.24, 2.45) is 0 Å². The van der Waals surface area contributed by atoms with Crippen molar-refractivity contribution in [3.05, 3.63) is 106 Å². The first-order valence-electron chi connectivity index (χ1n) is 11.3. The Balaban J connectivity index is 1.82. The topological polar surface area (TPSA) is 49.4 Å². The second-order valence-electron chi connectivity index (χ2n) is 8.42. The minimum absolute atomic E-state index is 0.0844. The first-order valence-corrected chi connectivity index (χ1v) is 12.8. The van der Waals surface area contributed by atoms with Crippen molar-refractivity contribution < 1.29 is 9.59 Å². The molecule has 34 heavy (non-hydrogen) atoms. The minimum Gasteiger partial charge on any atom is -0.357 e. The molecule has 0 aliphatic carbocycles. The maximum atomic E-state index is 13.5. The third kappa shape index (κ3) is 7.37. The number of aryl methyl sites for hydroxylation is 2. The van der Waals surface area contributed by atoms with Crippen LogP contribution in [0.3, 0.4) is 0 Å². The summed E-state index contributed by atoms with van der Waals surface area (Å²) in [6.45, 7) is 4.43. The van der Waals surface area contributed by atoms with E-state index in [1.807, 2.05) is 48.5 Å². The summed E-state index contributed by atoms with van der Waals surface area (Å²) in [5, 5.41) is 3.32. The molecule has 0 unspecified atom stereocenters. The SMILES string of the molecule is CNC(=O)[C@H](Cc1ccccc1)N(Cc1ccccc1Cl)C(=O)CSCc1cc(C)cc(C)c1. The summed E-state index contributed by atoms with van der Waals surface area (Å²) in [4.78, 5) is 28.1. The Morgan fingerprint density at radius 1 is 0.941 bits per heavy atom. The van der Waals surface area contributed by atoms with E-state index in [9.17, 15) is 9.59 Å². The summed E-state index contributed by atoms with van der Waals surface area (Å²) in [6.07, 6.45) is 0.429. The average molecular weight is 495 g/mol. The van der Waals surface area contributed by atoms with Crippen LogP contribution in [-0.4, -0.2) is 35.6 Å². The molecule has 1 N–H and O–H groups in total. The highest BCUT2D eigenvalue weighted by atomic mass is 35.5. The lowest BCUT2D eigenvalue weighted by atomic mass is 10.0. The predicted molar refractivity (Wildman–Crippen MR) is 142 cm³/mol. The van der Waals surface area contributed by atoms with Gasteiger partial charge in [-0.3, -0.25) is 9.59 Å². The van der Waals surface area contributed by atoms with Crippen molar-refractivity contribution in [3.63, 3.8) is 0 Å². The van der Waals surface area contributed by atoms with E-state index in [0.717, 1.165) is 16.9 Å². The van der Waals surface area contributed by atoms with Crippen molar-refractivity contribution in [1.82, 2.24) is 10.2 Å². The number of amides is 2. The maximum absolute atomic E-state index is 13.5. The molecule has 178 valence electrons. The summed E-state index contributed by atoms with van der Waals surface area (Å²) in [6, 6.07) is 23.0. The number of hydrogen-bond donors (Lipinski definition) is 1. The molecule has 0 aliphatic heterocycles. The fourth-order valence-corrected chi connectivity index (χ4v) is 5.06. The molecule has 4 nitrogen and oxygen atoms in total. The highest BCUT2D eigenvalue weighted by Crippen LogP contribution is 2.22. The van der Waals surface area contributed by atoms with Crippen LogP contribution in [-0.2, 0) is 28.3 Å². The molecule has 3 aromatic carbocycles. The summed E-state index contributed by atoms with van der Waals surface area (Å²) >= 11 is 7.98. The lowest BCUT2D eigenvalue weighted by molar-refractivity contribution is -0.139. The van der Waals surface area contributed by atoms with E-state index >= 15 is 0 Å². The summed E-state index contributed by atoms with van der Waals surface area (Å²) in [5.41, 5.74) is 5.43. The average Bonchev–Trinajstić information content (AvgIpc) is 2.82. The zero-order chi connectivity index (χ0) is 24.5. The van der Waals surface area contributed by atoms with E-state index in [-0.39, 0.29) is 24.1 Å². The van der Waals surface area contributed by atoms with Gasteiger partial charge in [0.2, 0.25) is 11.8 Å². The van der Waals surface area contributed by atoms with E-state index in [2.05, 4.69) is 37.4 Å². The van der Waals surface area contributed by atoms with Gasteiger partial charge >= 0.3 is 0 Å². The molecule has 0 saturated carbocycles. The molecule has 0 heterocycles. The number of thioether (sulfide) groups is 1. The normalized spacial score (nSPS) is 11.6. The summed E-state index contributed by atoms with van der Waals surface area (Å²) in [5.74, 6) is 0.736. The van der Waals surface area contributed by atoms with Crippen molar-refractivity contribution in [2.45, 2.75) is 38.6 Å². The van der Waals surface area contributed by atoms with E-state index < -0.39 is 6.04 Å². The van der Waals surface area contributed by atoms with Gasteiger partial charge in [-0.25, -0.2) is 0 Å². The van der Waals surface area contributed by atoms with Crippen LogP contribution in [0.25, 0.3) is 0 Å². The van der Waals surface area contributed by atoms with Crippen molar-refractivity contribution in [2.75, 3.05) is 12.8 Å². The number of rotatable bonds is 10. The van der Waals surface area contributed by atoms with Gasteiger partial charge < -0.3 is 10.2 Å². The molecule has 0 bridgehead atoms. The number of likely N-dealkylation sites (N-methyl/N-ethyl adjacent to an activating group) is 1. The van der Waals surface area contributed by atoms with E-state index in [1.54, 1.807) is 29.8 Å². The van der Waals surface area contributed by atoms with Crippen LogP contribution < -0.4 is 5.32 Å². The highest BCUT2D eigenvalue weighted by molar-refractivity contribution is 7.99. The Morgan fingerprint density at radius 2 is 1.59 bits per heavy atom.